The van der Waals surface area contributed by atoms with Gasteiger partial charge in [-0.1, -0.05) is 0 Å². The van der Waals surface area contributed by atoms with Crippen molar-refractivity contribution in [2.75, 3.05) is 0 Å². The monoisotopic (exact) mass is 300 g/mol. The Morgan fingerprint density at radius 2 is 0.524 bits per heavy atom. The fraction of sp³-hybridized carbons (Fsp3) is 0.500. The van der Waals surface area contributed by atoms with Crippen LogP contribution in [-0.2, 0) is 43.0 Å². The van der Waals surface area contributed by atoms with Gasteiger partial charge in [-0.2, -0.15) is 0 Å². The van der Waals surface area contributed by atoms with E-state index >= 15 is 0 Å². The molecule has 0 aromatic carbocycles. The molecule has 0 saturated carbocycles. The molecule has 114 valence electrons. The molecule has 0 unspecified atom stereocenters. The minimum atomic E-state index is -0.398. The zero-order chi connectivity index (χ0) is 15.8. The third kappa shape index (κ3) is 6.95. The summed E-state index contributed by atoms with van der Waals surface area (Å²) in [4.78, 5) is 60.1. The number of cyclic esters (lactones) is 6. The van der Waals surface area contributed by atoms with Crippen molar-refractivity contribution >= 4 is 35.8 Å². The van der Waals surface area contributed by atoms with Gasteiger partial charge in [0.25, 0.3) is 0 Å². The Morgan fingerprint density at radius 1 is 0.381 bits per heavy atom. The highest BCUT2D eigenvalue weighted by molar-refractivity contribution is 5.93. The minimum absolute atomic E-state index is 0.263. The maximum absolute atomic E-state index is 10.0. The lowest BCUT2D eigenvalue weighted by atomic mass is 10.4. The van der Waals surface area contributed by atoms with Crippen molar-refractivity contribution in [2.45, 2.75) is 38.5 Å². The van der Waals surface area contributed by atoms with Gasteiger partial charge in [0, 0.05) is 0 Å². The predicted octanol–water partition coefficient (Wildman–Crippen LogP) is -0.450. The van der Waals surface area contributed by atoms with Crippen molar-refractivity contribution in [1.29, 1.82) is 0 Å². The molecule has 0 bridgehead atoms. The van der Waals surface area contributed by atoms with Gasteiger partial charge in [0.05, 0.1) is 38.5 Å². The molecule has 3 saturated heterocycles. The first-order chi connectivity index (χ1) is 9.86. The third-order valence-electron chi connectivity index (χ3n) is 2.28. The predicted molar refractivity (Wildman–Crippen MR) is 61.0 cm³/mol. The first kappa shape index (κ1) is 16.5. The Hall–Kier alpha value is -2.58. The topological polar surface area (TPSA) is 130 Å². The molecule has 3 aliphatic heterocycles. The van der Waals surface area contributed by atoms with Crippen LogP contribution in [0.1, 0.15) is 38.5 Å². The fourth-order valence-electron chi connectivity index (χ4n) is 1.30. The standard InChI is InChI=1S/3C4H4O3/c3*5-3-1-2-4(6)7-3/h3*1-2H2. The van der Waals surface area contributed by atoms with Crippen LogP contribution >= 0.6 is 0 Å². The average molecular weight is 300 g/mol. The van der Waals surface area contributed by atoms with Crippen LogP contribution in [0.4, 0.5) is 0 Å². The van der Waals surface area contributed by atoms with E-state index in [-0.39, 0.29) is 38.5 Å². The van der Waals surface area contributed by atoms with Gasteiger partial charge >= 0.3 is 35.8 Å². The number of rotatable bonds is 0. The molecule has 0 amide bonds. The summed E-state index contributed by atoms with van der Waals surface area (Å²) in [5.41, 5.74) is 0. The Balaban J connectivity index is 0.000000157. The summed E-state index contributed by atoms with van der Waals surface area (Å²) in [5, 5.41) is 0. The smallest absolute Gasteiger partial charge is 0.314 e. The molecule has 3 rings (SSSR count). The number of carbonyl (C=O) groups excluding carboxylic acids is 6. The fourth-order valence-corrected chi connectivity index (χ4v) is 1.30. The molecule has 0 aliphatic carbocycles. The van der Waals surface area contributed by atoms with E-state index in [4.69, 9.17) is 0 Å². The van der Waals surface area contributed by atoms with Crippen LogP contribution in [-0.4, -0.2) is 35.8 Å². The molecule has 0 atom stereocenters. The summed E-state index contributed by atoms with van der Waals surface area (Å²) in [7, 11) is 0. The maximum Gasteiger partial charge on any atom is 0.314 e. The van der Waals surface area contributed by atoms with Crippen LogP contribution in [0.5, 0.6) is 0 Å². The van der Waals surface area contributed by atoms with Crippen LogP contribution in [0.15, 0.2) is 0 Å². The maximum atomic E-state index is 10.0. The van der Waals surface area contributed by atoms with Crippen molar-refractivity contribution in [3.05, 3.63) is 0 Å². The molecule has 0 radical (unpaired) electrons. The van der Waals surface area contributed by atoms with E-state index in [1.54, 1.807) is 0 Å². The van der Waals surface area contributed by atoms with Crippen LogP contribution in [0, 0.1) is 0 Å². The van der Waals surface area contributed by atoms with E-state index < -0.39 is 35.8 Å². The number of esters is 6. The molecule has 0 aromatic heterocycles. The van der Waals surface area contributed by atoms with Gasteiger partial charge < -0.3 is 14.2 Å². The lowest BCUT2D eigenvalue weighted by molar-refractivity contribution is -0.153. The minimum Gasteiger partial charge on any atom is -0.393 e. The second-order valence-electron chi connectivity index (χ2n) is 4.04. The second-order valence-corrected chi connectivity index (χ2v) is 4.04. The third-order valence-corrected chi connectivity index (χ3v) is 2.28. The molecule has 3 aliphatic rings. The lowest BCUT2D eigenvalue weighted by Gasteiger charge is -1.79. The van der Waals surface area contributed by atoms with Gasteiger partial charge in [-0.05, 0) is 0 Å². The van der Waals surface area contributed by atoms with Crippen molar-refractivity contribution in [3.63, 3.8) is 0 Å². The Bertz CT molecular complexity index is 378. The van der Waals surface area contributed by atoms with Crippen molar-refractivity contribution in [2.24, 2.45) is 0 Å². The summed E-state index contributed by atoms with van der Waals surface area (Å²) >= 11 is 0. The molecule has 3 fully saturated rings. The molecule has 21 heavy (non-hydrogen) atoms. The first-order valence-electron chi connectivity index (χ1n) is 6.07. The van der Waals surface area contributed by atoms with E-state index in [2.05, 4.69) is 14.2 Å². The zero-order valence-corrected chi connectivity index (χ0v) is 10.9. The van der Waals surface area contributed by atoms with E-state index in [0.29, 0.717) is 0 Å². The van der Waals surface area contributed by atoms with Gasteiger partial charge in [-0.25, -0.2) is 0 Å². The number of hydrogen-bond acceptors (Lipinski definition) is 9. The van der Waals surface area contributed by atoms with Crippen LogP contribution in [0.2, 0.25) is 0 Å². The number of hydrogen-bond donors (Lipinski definition) is 0. The first-order valence-corrected chi connectivity index (χ1v) is 6.07. The largest absolute Gasteiger partial charge is 0.393 e. The average Bonchev–Trinajstić information content (AvgIpc) is 3.06. The van der Waals surface area contributed by atoms with Gasteiger partial charge in [-0.3, -0.25) is 28.8 Å². The Kier molecular flexibility index (Phi) is 6.18. The molecule has 9 nitrogen and oxygen atoms in total. The van der Waals surface area contributed by atoms with Crippen molar-refractivity contribution in [3.8, 4) is 0 Å². The van der Waals surface area contributed by atoms with Crippen LogP contribution < -0.4 is 0 Å². The van der Waals surface area contributed by atoms with Gasteiger partial charge in [-0.15, -0.1) is 0 Å². The quantitative estimate of drug-likeness (QED) is 0.331. The van der Waals surface area contributed by atoms with Crippen LogP contribution in [0.25, 0.3) is 0 Å². The summed E-state index contributed by atoms with van der Waals surface area (Å²) < 4.78 is 12.2. The highest BCUT2D eigenvalue weighted by Gasteiger charge is 2.20. The van der Waals surface area contributed by atoms with E-state index in [0.717, 1.165) is 0 Å². The van der Waals surface area contributed by atoms with E-state index in [1.807, 2.05) is 0 Å². The van der Waals surface area contributed by atoms with Gasteiger partial charge in [0.15, 0.2) is 0 Å². The SMILES string of the molecule is O=C1CCC(=O)O1.O=C1CCC(=O)O1.O=C1CCC(=O)O1. The molecule has 9 heteroatoms. The molecule has 0 spiro atoms. The van der Waals surface area contributed by atoms with Crippen LogP contribution in [0.3, 0.4) is 0 Å². The van der Waals surface area contributed by atoms with Gasteiger partial charge in [0.1, 0.15) is 0 Å². The summed E-state index contributed by atoms with van der Waals surface area (Å²) in [6.45, 7) is 0. The molecular formula is C12H12O9. The highest BCUT2D eigenvalue weighted by atomic mass is 16.6. The molecule has 3 heterocycles. The molecule has 0 N–H and O–H groups in total. The normalized spacial score (nSPS) is 20.0. The van der Waals surface area contributed by atoms with E-state index in [9.17, 15) is 28.8 Å². The van der Waals surface area contributed by atoms with E-state index in [1.165, 1.54) is 0 Å². The van der Waals surface area contributed by atoms with Crippen molar-refractivity contribution < 1.29 is 43.0 Å². The summed E-state index contributed by atoms with van der Waals surface area (Å²) in [5.74, 6) is -2.39. The summed E-state index contributed by atoms with van der Waals surface area (Å²) in [6.07, 6.45) is 1.58. The lowest BCUT2D eigenvalue weighted by Crippen LogP contribution is -1.95. The summed E-state index contributed by atoms with van der Waals surface area (Å²) in [6, 6.07) is 0. The highest BCUT2D eigenvalue weighted by Crippen LogP contribution is 2.05. The Labute approximate surface area is 118 Å². The van der Waals surface area contributed by atoms with Gasteiger partial charge in [0.2, 0.25) is 0 Å². The Morgan fingerprint density at radius 3 is 0.571 bits per heavy atom. The second kappa shape index (κ2) is 7.88. The molecular weight excluding hydrogens is 288 g/mol. The zero-order valence-electron chi connectivity index (χ0n) is 10.9. The number of ether oxygens (including phenoxy) is 3. The van der Waals surface area contributed by atoms with Crippen molar-refractivity contribution in [1.82, 2.24) is 0 Å². The molecule has 0 aromatic rings. The number of carbonyl (C=O) groups is 6.